The Morgan fingerprint density at radius 3 is 3.00 bits per heavy atom. The van der Waals surface area contributed by atoms with Crippen molar-refractivity contribution in [1.82, 2.24) is 10.3 Å². The van der Waals surface area contributed by atoms with Gasteiger partial charge in [0.15, 0.2) is 0 Å². The molecule has 0 aromatic carbocycles. The first-order valence-corrected chi connectivity index (χ1v) is 6.04. The first-order valence-electron chi connectivity index (χ1n) is 6.04. The average Bonchev–Trinajstić information content (AvgIpc) is 2.31. The van der Waals surface area contributed by atoms with E-state index >= 15 is 0 Å². The molecule has 1 saturated heterocycles. The van der Waals surface area contributed by atoms with E-state index in [0.717, 1.165) is 25.1 Å². The third kappa shape index (κ3) is 2.43. The quantitative estimate of drug-likeness (QED) is 0.821. The van der Waals surface area contributed by atoms with Crippen LogP contribution in [0, 0.1) is 25.2 Å². The maximum atomic E-state index is 11.7. The molecular weight excluding hydrogens is 228 g/mol. The van der Waals surface area contributed by atoms with E-state index in [1.165, 1.54) is 0 Å². The number of amides is 1. The van der Waals surface area contributed by atoms with Crippen molar-refractivity contribution >= 4 is 11.6 Å². The number of nitrogens with zero attached hydrogens (tertiary/aromatic N) is 2. The van der Waals surface area contributed by atoms with Gasteiger partial charge in [-0.1, -0.05) is 0 Å². The molecule has 5 nitrogen and oxygen atoms in total. The van der Waals surface area contributed by atoms with Gasteiger partial charge >= 0.3 is 0 Å². The fraction of sp³-hybridized carbons (Fsp3) is 0.462. The van der Waals surface area contributed by atoms with Gasteiger partial charge in [-0.05, 0) is 32.8 Å². The van der Waals surface area contributed by atoms with Crippen LogP contribution in [0.5, 0.6) is 0 Å². The predicted octanol–water partition coefficient (Wildman–Crippen LogP) is 1.26. The van der Waals surface area contributed by atoms with Gasteiger partial charge < -0.3 is 10.6 Å². The minimum atomic E-state index is -0.257. The van der Waals surface area contributed by atoms with E-state index in [0.29, 0.717) is 16.9 Å². The molecule has 5 heteroatoms. The van der Waals surface area contributed by atoms with Crippen LogP contribution in [0.1, 0.15) is 29.8 Å². The maximum Gasteiger partial charge on any atom is 0.242 e. The summed E-state index contributed by atoms with van der Waals surface area (Å²) < 4.78 is 0. The van der Waals surface area contributed by atoms with Crippen LogP contribution in [-0.2, 0) is 4.79 Å². The van der Waals surface area contributed by atoms with Crippen LogP contribution in [-0.4, -0.2) is 23.5 Å². The Hall–Kier alpha value is -2.09. The summed E-state index contributed by atoms with van der Waals surface area (Å²) in [5.41, 5.74) is 2.74. The van der Waals surface area contributed by atoms with Crippen molar-refractivity contribution in [2.45, 2.75) is 32.7 Å². The number of piperidine rings is 1. The number of rotatable bonds is 2. The molecule has 2 N–H and O–H groups in total. The minimum absolute atomic E-state index is 0.00254. The van der Waals surface area contributed by atoms with Crippen molar-refractivity contribution in [3.63, 3.8) is 0 Å². The standard InChI is InChI=1S/C13H16N4O/c1-8-6-12(10(7-14)9(2)16-8)17-11-4-3-5-15-13(11)18/h6,11H,3-5H2,1-2H3,(H,15,18)(H,16,17). The molecule has 1 aliphatic rings. The molecule has 1 aliphatic heterocycles. The third-order valence-corrected chi connectivity index (χ3v) is 3.06. The van der Waals surface area contributed by atoms with E-state index in [2.05, 4.69) is 21.7 Å². The highest BCUT2D eigenvalue weighted by atomic mass is 16.2. The molecular formula is C13H16N4O. The van der Waals surface area contributed by atoms with Crippen molar-refractivity contribution in [1.29, 1.82) is 5.26 Å². The zero-order chi connectivity index (χ0) is 13.1. The van der Waals surface area contributed by atoms with Gasteiger partial charge in [0.2, 0.25) is 5.91 Å². The van der Waals surface area contributed by atoms with Crippen LogP contribution in [0.15, 0.2) is 6.07 Å². The van der Waals surface area contributed by atoms with E-state index in [1.54, 1.807) is 6.92 Å². The summed E-state index contributed by atoms with van der Waals surface area (Å²) >= 11 is 0. The van der Waals surface area contributed by atoms with Crippen molar-refractivity contribution in [3.8, 4) is 6.07 Å². The molecule has 1 atom stereocenters. The number of carbonyl (C=O) groups excluding carboxylic acids is 1. The number of aromatic nitrogens is 1. The summed E-state index contributed by atoms with van der Waals surface area (Å²) in [7, 11) is 0. The van der Waals surface area contributed by atoms with Crippen LogP contribution in [0.4, 0.5) is 5.69 Å². The molecule has 2 rings (SSSR count). The Morgan fingerprint density at radius 1 is 1.56 bits per heavy atom. The number of aryl methyl sites for hydroxylation is 2. The van der Waals surface area contributed by atoms with Gasteiger partial charge in [0.25, 0.3) is 0 Å². The molecule has 0 aliphatic carbocycles. The van der Waals surface area contributed by atoms with Gasteiger partial charge in [0, 0.05) is 12.2 Å². The molecule has 0 saturated carbocycles. The van der Waals surface area contributed by atoms with Gasteiger partial charge in [-0.2, -0.15) is 5.26 Å². The Bertz CT molecular complexity index is 518. The molecule has 0 bridgehead atoms. The van der Waals surface area contributed by atoms with Gasteiger partial charge in [-0.15, -0.1) is 0 Å². The summed E-state index contributed by atoms with van der Waals surface area (Å²) in [6, 6.07) is 3.69. The van der Waals surface area contributed by atoms with Crippen molar-refractivity contribution in [2.24, 2.45) is 0 Å². The van der Waals surface area contributed by atoms with Gasteiger partial charge in [0.05, 0.1) is 16.9 Å². The highest BCUT2D eigenvalue weighted by molar-refractivity contribution is 5.85. The number of pyridine rings is 1. The Morgan fingerprint density at radius 2 is 2.33 bits per heavy atom. The van der Waals surface area contributed by atoms with Gasteiger partial charge in [-0.25, -0.2) is 0 Å². The molecule has 0 spiro atoms. The largest absolute Gasteiger partial charge is 0.373 e. The topological polar surface area (TPSA) is 77.8 Å². The Labute approximate surface area is 106 Å². The summed E-state index contributed by atoms with van der Waals surface area (Å²) in [5.74, 6) is -0.00254. The fourth-order valence-corrected chi connectivity index (χ4v) is 2.18. The van der Waals surface area contributed by atoms with E-state index in [9.17, 15) is 4.79 Å². The summed E-state index contributed by atoms with van der Waals surface area (Å²) in [6.07, 6.45) is 1.74. The van der Waals surface area contributed by atoms with E-state index < -0.39 is 0 Å². The molecule has 94 valence electrons. The second-order valence-electron chi connectivity index (χ2n) is 4.51. The second kappa shape index (κ2) is 5.05. The lowest BCUT2D eigenvalue weighted by Gasteiger charge is -2.24. The van der Waals surface area contributed by atoms with Crippen molar-refractivity contribution in [3.05, 3.63) is 23.0 Å². The smallest absolute Gasteiger partial charge is 0.242 e. The number of anilines is 1. The number of hydrogen-bond acceptors (Lipinski definition) is 4. The molecule has 1 amide bonds. The van der Waals surface area contributed by atoms with Crippen LogP contribution in [0.2, 0.25) is 0 Å². The monoisotopic (exact) mass is 244 g/mol. The van der Waals surface area contributed by atoms with Crippen LogP contribution < -0.4 is 10.6 Å². The number of hydrogen-bond donors (Lipinski definition) is 2. The van der Waals surface area contributed by atoms with E-state index in [1.807, 2.05) is 13.0 Å². The first-order chi connectivity index (χ1) is 8.61. The lowest BCUT2D eigenvalue weighted by atomic mass is 10.0. The lowest BCUT2D eigenvalue weighted by Crippen LogP contribution is -2.44. The van der Waals surface area contributed by atoms with E-state index in [-0.39, 0.29) is 11.9 Å². The van der Waals surface area contributed by atoms with Gasteiger partial charge in [0.1, 0.15) is 12.1 Å². The molecule has 1 unspecified atom stereocenters. The fourth-order valence-electron chi connectivity index (χ4n) is 2.18. The number of nitrogens with one attached hydrogen (secondary N) is 2. The lowest BCUT2D eigenvalue weighted by molar-refractivity contribution is -0.123. The minimum Gasteiger partial charge on any atom is -0.373 e. The third-order valence-electron chi connectivity index (χ3n) is 3.06. The Kier molecular flexibility index (Phi) is 3.47. The van der Waals surface area contributed by atoms with Crippen LogP contribution >= 0.6 is 0 Å². The zero-order valence-corrected chi connectivity index (χ0v) is 10.6. The SMILES string of the molecule is Cc1cc(NC2CCCNC2=O)c(C#N)c(C)n1. The van der Waals surface area contributed by atoms with Gasteiger partial charge in [-0.3, -0.25) is 9.78 Å². The molecule has 18 heavy (non-hydrogen) atoms. The number of carbonyl (C=O) groups is 1. The van der Waals surface area contributed by atoms with Crippen LogP contribution in [0.3, 0.4) is 0 Å². The maximum absolute atomic E-state index is 11.7. The predicted molar refractivity (Wildman–Crippen MR) is 68.1 cm³/mol. The highest BCUT2D eigenvalue weighted by Crippen LogP contribution is 2.21. The summed E-state index contributed by atoms with van der Waals surface area (Å²) in [6.45, 7) is 4.41. The van der Waals surface area contributed by atoms with E-state index in [4.69, 9.17) is 5.26 Å². The van der Waals surface area contributed by atoms with Crippen molar-refractivity contribution in [2.75, 3.05) is 11.9 Å². The molecule has 0 radical (unpaired) electrons. The van der Waals surface area contributed by atoms with Crippen LogP contribution in [0.25, 0.3) is 0 Å². The zero-order valence-electron chi connectivity index (χ0n) is 10.6. The Balaban J connectivity index is 2.28. The highest BCUT2D eigenvalue weighted by Gasteiger charge is 2.23. The van der Waals surface area contributed by atoms with Crippen molar-refractivity contribution < 1.29 is 4.79 Å². The average molecular weight is 244 g/mol. The molecule has 1 aromatic heterocycles. The number of nitriles is 1. The summed E-state index contributed by atoms with van der Waals surface area (Å²) in [5, 5.41) is 15.1. The molecule has 2 heterocycles. The second-order valence-corrected chi connectivity index (χ2v) is 4.51. The normalized spacial score (nSPS) is 18.9. The first kappa shape index (κ1) is 12.4. The molecule has 1 aromatic rings. The summed E-state index contributed by atoms with van der Waals surface area (Å²) in [4.78, 5) is 16.0. The molecule has 1 fully saturated rings.